The van der Waals surface area contributed by atoms with Crippen LogP contribution in [0.3, 0.4) is 0 Å². The summed E-state index contributed by atoms with van der Waals surface area (Å²) in [6.07, 6.45) is 2.26. The molecule has 1 unspecified atom stereocenters. The van der Waals surface area contributed by atoms with Gasteiger partial charge in [-0.1, -0.05) is 24.3 Å². The van der Waals surface area contributed by atoms with E-state index < -0.39 is 10.0 Å². The lowest BCUT2D eigenvalue weighted by Gasteiger charge is -2.27. The molecule has 7 heteroatoms. The quantitative estimate of drug-likeness (QED) is 0.861. The molecule has 0 saturated carbocycles. The number of hydrogen-bond acceptors (Lipinski definition) is 5. The second kappa shape index (κ2) is 6.66. The maximum Gasteiger partial charge on any atom is 0.242 e. The highest BCUT2D eigenvalue weighted by atomic mass is 32.2. The monoisotopic (exact) mass is 333 g/mol. The van der Waals surface area contributed by atoms with Gasteiger partial charge in [-0.15, -0.1) is 0 Å². The number of nitrogens with zero attached hydrogens (tertiary/aromatic N) is 1. The fourth-order valence-electron chi connectivity index (χ4n) is 2.70. The van der Waals surface area contributed by atoms with Crippen LogP contribution in [0.2, 0.25) is 0 Å². The number of nitrogens with one attached hydrogen (secondary N) is 2. The number of fused-ring (bicyclic) bond motifs is 1. The standard InChI is InChI=1S/C16H19N3O3S/c1-22-16-7-6-13(10-18-16)23(20,21)19-11-15-14-5-3-2-4-12(14)8-9-17-15/h2-7,10,15,17,19H,8-9,11H2,1H3. The third-order valence-corrected chi connectivity index (χ3v) is 5.33. The highest BCUT2D eigenvalue weighted by molar-refractivity contribution is 7.89. The molecule has 2 aromatic rings. The van der Waals surface area contributed by atoms with Crippen molar-refractivity contribution >= 4 is 10.0 Å². The minimum absolute atomic E-state index is 0.0269. The summed E-state index contributed by atoms with van der Waals surface area (Å²) in [4.78, 5) is 4.06. The van der Waals surface area contributed by atoms with E-state index in [1.165, 1.54) is 31.0 Å². The van der Waals surface area contributed by atoms with Gasteiger partial charge in [-0.2, -0.15) is 0 Å². The number of aromatic nitrogens is 1. The molecule has 0 radical (unpaired) electrons. The molecular formula is C16H19N3O3S. The van der Waals surface area contributed by atoms with Crippen LogP contribution in [0.15, 0.2) is 47.5 Å². The zero-order chi connectivity index (χ0) is 16.3. The van der Waals surface area contributed by atoms with E-state index in [2.05, 4.69) is 21.1 Å². The van der Waals surface area contributed by atoms with Gasteiger partial charge in [0.2, 0.25) is 15.9 Å². The van der Waals surface area contributed by atoms with Crippen molar-refractivity contribution in [2.75, 3.05) is 20.2 Å². The molecule has 1 aromatic heterocycles. The Morgan fingerprint density at radius 3 is 2.87 bits per heavy atom. The van der Waals surface area contributed by atoms with E-state index in [9.17, 15) is 8.42 Å². The SMILES string of the molecule is COc1ccc(S(=O)(=O)NCC2NCCc3ccccc32)cn1. The van der Waals surface area contributed by atoms with Crippen LogP contribution in [0.25, 0.3) is 0 Å². The summed E-state index contributed by atoms with van der Waals surface area (Å²) in [6.45, 7) is 1.14. The van der Waals surface area contributed by atoms with E-state index in [-0.39, 0.29) is 10.9 Å². The molecular weight excluding hydrogens is 314 g/mol. The fraction of sp³-hybridized carbons (Fsp3) is 0.312. The molecule has 2 N–H and O–H groups in total. The van der Waals surface area contributed by atoms with E-state index in [1.54, 1.807) is 0 Å². The van der Waals surface area contributed by atoms with Gasteiger partial charge in [0.25, 0.3) is 0 Å². The van der Waals surface area contributed by atoms with Gasteiger partial charge in [0, 0.05) is 18.7 Å². The van der Waals surface area contributed by atoms with Gasteiger partial charge < -0.3 is 10.1 Å². The van der Waals surface area contributed by atoms with Gasteiger partial charge in [0.1, 0.15) is 4.90 Å². The number of benzene rings is 1. The van der Waals surface area contributed by atoms with Crippen molar-refractivity contribution in [2.45, 2.75) is 17.4 Å². The van der Waals surface area contributed by atoms with Crippen molar-refractivity contribution in [3.63, 3.8) is 0 Å². The first kappa shape index (κ1) is 15.9. The summed E-state index contributed by atoms with van der Waals surface area (Å²) in [5, 5.41) is 3.36. The minimum Gasteiger partial charge on any atom is -0.481 e. The van der Waals surface area contributed by atoms with Crippen LogP contribution < -0.4 is 14.8 Å². The second-order valence-corrected chi connectivity index (χ2v) is 7.11. The maximum absolute atomic E-state index is 12.4. The van der Waals surface area contributed by atoms with E-state index in [4.69, 9.17) is 4.74 Å². The Morgan fingerprint density at radius 1 is 1.30 bits per heavy atom. The van der Waals surface area contributed by atoms with Crippen LogP contribution in [0.1, 0.15) is 17.2 Å². The van der Waals surface area contributed by atoms with E-state index >= 15 is 0 Å². The lowest BCUT2D eigenvalue weighted by molar-refractivity contribution is 0.397. The number of sulfonamides is 1. The minimum atomic E-state index is -3.60. The average Bonchev–Trinajstić information content (AvgIpc) is 2.60. The molecule has 2 heterocycles. The van der Waals surface area contributed by atoms with Crippen molar-refractivity contribution in [3.05, 3.63) is 53.7 Å². The number of ether oxygens (including phenoxy) is 1. The van der Waals surface area contributed by atoms with Gasteiger partial charge in [0.15, 0.2) is 0 Å². The third kappa shape index (κ3) is 3.52. The molecule has 0 aliphatic carbocycles. The zero-order valence-corrected chi connectivity index (χ0v) is 13.6. The van der Waals surface area contributed by atoms with Crippen molar-refractivity contribution < 1.29 is 13.2 Å². The summed E-state index contributed by atoms with van der Waals surface area (Å²) in [7, 11) is -2.11. The molecule has 6 nitrogen and oxygen atoms in total. The fourth-order valence-corrected chi connectivity index (χ4v) is 3.69. The number of hydrogen-bond donors (Lipinski definition) is 2. The lowest BCUT2D eigenvalue weighted by Crippen LogP contribution is -2.38. The number of rotatable bonds is 5. The topological polar surface area (TPSA) is 80.3 Å². The summed E-state index contributed by atoms with van der Waals surface area (Å²) in [5.41, 5.74) is 2.41. The van der Waals surface area contributed by atoms with Crippen molar-refractivity contribution in [1.82, 2.24) is 15.0 Å². The number of methoxy groups -OCH3 is 1. The van der Waals surface area contributed by atoms with Gasteiger partial charge in [-0.25, -0.2) is 18.1 Å². The smallest absolute Gasteiger partial charge is 0.242 e. The van der Waals surface area contributed by atoms with Crippen molar-refractivity contribution in [1.29, 1.82) is 0 Å². The molecule has 1 atom stereocenters. The lowest BCUT2D eigenvalue weighted by atomic mass is 9.95. The van der Waals surface area contributed by atoms with Gasteiger partial charge in [-0.05, 0) is 30.2 Å². The Bertz CT molecular complexity index is 775. The van der Waals surface area contributed by atoms with E-state index in [0.29, 0.717) is 12.4 Å². The van der Waals surface area contributed by atoms with Crippen molar-refractivity contribution in [2.24, 2.45) is 0 Å². The van der Waals surface area contributed by atoms with Crippen LogP contribution in [-0.4, -0.2) is 33.6 Å². The first-order valence-electron chi connectivity index (χ1n) is 7.41. The summed E-state index contributed by atoms with van der Waals surface area (Å²) >= 11 is 0. The van der Waals surface area contributed by atoms with Gasteiger partial charge >= 0.3 is 0 Å². The second-order valence-electron chi connectivity index (χ2n) is 5.34. The molecule has 0 bridgehead atoms. The predicted octanol–water partition coefficient (Wildman–Crippen LogP) is 1.26. The zero-order valence-electron chi connectivity index (χ0n) is 12.8. The first-order chi connectivity index (χ1) is 11.1. The molecule has 0 amide bonds. The molecule has 3 rings (SSSR count). The predicted molar refractivity (Wildman–Crippen MR) is 86.9 cm³/mol. The molecule has 122 valence electrons. The highest BCUT2D eigenvalue weighted by Gasteiger charge is 2.22. The Kier molecular flexibility index (Phi) is 4.61. The van der Waals surface area contributed by atoms with E-state index in [1.807, 2.05) is 18.2 Å². The summed E-state index contributed by atoms with van der Waals surface area (Å²) in [5.74, 6) is 0.381. The van der Waals surface area contributed by atoms with Crippen LogP contribution in [0, 0.1) is 0 Å². The van der Waals surface area contributed by atoms with Crippen LogP contribution >= 0.6 is 0 Å². The third-order valence-electron chi connectivity index (χ3n) is 3.92. The number of pyridine rings is 1. The van der Waals surface area contributed by atoms with E-state index in [0.717, 1.165) is 18.5 Å². The Balaban J connectivity index is 1.72. The normalized spacial score (nSPS) is 17.5. The summed E-state index contributed by atoms with van der Waals surface area (Å²) in [6, 6.07) is 11.1. The molecule has 0 spiro atoms. The Morgan fingerprint density at radius 2 is 2.13 bits per heavy atom. The van der Waals surface area contributed by atoms with Crippen molar-refractivity contribution in [3.8, 4) is 5.88 Å². The van der Waals surface area contributed by atoms with Crippen LogP contribution in [-0.2, 0) is 16.4 Å². The van der Waals surface area contributed by atoms with Gasteiger partial charge in [0.05, 0.1) is 13.3 Å². The Labute approximate surface area is 136 Å². The highest BCUT2D eigenvalue weighted by Crippen LogP contribution is 2.22. The summed E-state index contributed by atoms with van der Waals surface area (Å²) < 4.78 is 32.3. The molecule has 1 aliphatic heterocycles. The molecule has 1 aromatic carbocycles. The molecule has 0 saturated heterocycles. The maximum atomic E-state index is 12.4. The van der Waals surface area contributed by atoms with Gasteiger partial charge in [-0.3, -0.25) is 0 Å². The molecule has 23 heavy (non-hydrogen) atoms. The molecule has 1 aliphatic rings. The average molecular weight is 333 g/mol. The van der Waals surface area contributed by atoms with Crippen LogP contribution in [0.4, 0.5) is 0 Å². The molecule has 0 fully saturated rings. The largest absolute Gasteiger partial charge is 0.481 e. The Hall–Kier alpha value is -1.96. The first-order valence-corrected chi connectivity index (χ1v) is 8.89. The van der Waals surface area contributed by atoms with Crippen LogP contribution in [0.5, 0.6) is 5.88 Å².